The Hall–Kier alpha value is -1.23. The maximum atomic E-state index is 9.95. The van der Waals surface area contributed by atoms with Gasteiger partial charge in [0.1, 0.15) is 5.75 Å². The van der Waals surface area contributed by atoms with Crippen LogP contribution < -0.4 is 5.32 Å². The van der Waals surface area contributed by atoms with Gasteiger partial charge in [0.2, 0.25) is 0 Å². The second-order valence-electron chi connectivity index (χ2n) is 4.40. The van der Waals surface area contributed by atoms with E-state index >= 15 is 0 Å². The third-order valence-electron chi connectivity index (χ3n) is 2.98. The number of hydrogen-bond acceptors (Lipinski definition) is 2. The van der Waals surface area contributed by atoms with Crippen molar-refractivity contribution in [2.24, 2.45) is 0 Å². The van der Waals surface area contributed by atoms with E-state index in [1.165, 1.54) is 9.13 Å². The minimum absolute atomic E-state index is 0.383. The average Bonchev–Trinajstić information content (AvgIpc) is 2.33. The number of para-hydroxylation sites is 1. The SMILES string of the molecule is Cc1cc(I)ccc1NCc1cccc(C)c1O. The standard InChI is InChI=1S/C15H16INO/c1-10-4-3-5-12(15(10)18)9-17-14-7-6-13(16)8-11(14)2/h3-8,17-18H,9H2,1-2H3. The highest BCUT2D eigenvalue weighted by Crippen LogP contribution is 2.24. The second kappa shape index (κ2) is 5.61. The molecule has 94 valence electrons. The largest absolute Gasteiger partial charge is 0.507 e. The van der Waals surface area contributed by atoms with Crippen molar-refractivity contribution in [2.45, 2.75) is 20.4 Å². The zero-order chi connectivity index (χ0) is 13.1. The predicted molar refractivity (Wildman–Crippen MR) is 84.1 cm³/mol. The van der Waals surface area contributed by atoms with Crippen LogP contribution in [0, 0.1) is 17.4 Å². The fourth-order valence-corrected chi connectivity index (χ4v) is 2.53. The summed E-state index contributed by atoms with van der Waals surface area (Å²) in [5.74, 6) is 0.383. The van der Waals surface area contributed by atoms with Gasteiger partial charge >= 0.3 is 0 Å². The highest BCUT2D eigenvalue weighted by Gasteiger charge is 2.04. The number of phenols is 1. The van der Waals surface area contributed by atoms with Gasteiger partial charge < -0.3 is 10.4 Å². The molecule has 0 aliphatic carbocycles. The van der Waals surface area contributed by atoms with Gasteiger partial charge in [0.05, 0.1) is 0 Å². The number of benzene rings is 2. The van der Waals surface area contributed by atoms with Crippen LogP contribution in [0.15, 0.2) is 36.4 Å². The summed E-state index contributed by atoms with van der Waals surface area (Å²) < 4.78 is 1.23. The van der Waals surface area contributed by atoms with Gasteiger partial charge in [0.25, 0.3) is 0 Å². The molecule has 0 heterocycles. The minimum Gasteiger partial charge on any atom is -0.507 e. The minimum atomic E-state index is 0.383. The lowest BCUT2D eigenvalue weighted by Crippen LogP contribution is -2.01. The van der Waals surface area contributed by atoms with E-state index in [9.17, 15) is 5.11 Å². The second-order valence-corrected chi connectivity index (χ2v) is 5.64. The molecule has 0 saturated carbocycles. The molecule has 0 spiro atoms. The van der Waals surface area contributed by atoms with Gasteiger partial charge in [-0.1, -0.05) is 18.2 Å². The molecule has 2 aromatic carbocycles. The summed E-state index contributed by atoms with van der Waals surface area (Å²) in [6.07, 6.45) is 0. The molecule has 2 aromatic rings. The van der Waals surface area contributed by atoms with E-state index in [0.29, 0.717) is 12.3 Å². The van der Waals surface area contributed by atoms with Crippen LogP contribution in [0.4, 0.5) is 5.69 Å². The smallest absolute Gasteiger partial charge is 0.123 e. The number of hydrogen-bond donors (Lipinski definition) is 2. The molecule has 0 unspecified atom stereocenters. The first-order valence-electron chi connectivity index (χ1n) is 5.85. The van der Waals surface area contributed by atoms with Crippen molar-refractivity contribution < 1.29 is 5.11 Å². The lowest BCUT2D eigenvalue weighted by molar-refractivity contribution is 0.465. The molecule has 0 saturated heterocycles. The highest BCUT2D eigenvalue weighted by molar-refractivity contribution is 14.1. The van der Waals surface area contributed by atoms with Crippen molar-refractivity contribution in [3.63, 3.8) is 0 Å². The first-order valence-corrected chi connectivity index (χ1v) is 6.93. The monoisotopic (exact) mass is 353 g/mol. The molecule has 0 bridgehead atoms. The molecule has 0 fully saturated rings. The fraction of sp³-hybridized carbons (Fsp3) is 0.200. The number of halogens is 1. The number of aryl methyl sites for hydroxylation is 2. The molecule has 0 aliphatic heterocycles. The molecular formula is C15H16INO. The molecule has 2 N–H and O–H groups in total. The summed E-state index contributed by atoms with van der Waals surface area (Å²) in [7, 11) is 0. The summed E-state index contributed by atoms with van der Waals surface area (Å²) in [4.78, 5) is 0. The Bertz CT molecular complexity index is 566. The third kappa shape index (κ3) is 2.96. The van der Waals surface area contributed by atoms with Crippen LogP contribution in [-0.4, -0.2) is 5.11 Å². The van der Waals surface area contributed by atoms with Crippen molar-refractivity contribution in [2.75, 3.05) is 5.32 Å². The van der Waals surface area contributed by atoms with E-state index in [0.717, 1.165) is 16.8 Å². The number of anilines is 1. The Morgan fingerprint density at radius 1 is 1.11 bits per heavy atom. The molecule has 18 heavy (non-hydrogen) atoms. The first kappa shape index (κ1) is 13.2. The topological polar surface area (TPSA) is 32.3 Å². The summed E-state index contributed by atoms with van der Waals surface area (Å²) in [6.45, 7) is 4.63. The van der Waals surface area contributed by atoms with Gasteiger partial charge in [-0.2, -0.15) is 0 Å². The average molecular weight is 353 g/mol. The highest BCUT2D eigenvalue weighted by atomic mass is 127. The van der Waals surface area contributed by atoms with Gasteiger partial charge in [0, 0.05) is 21.4 Å². The van der Waals surface area contributed by atoms with Crippen LogP contribution in [0.2, 0.25) is 0 Å². The Kier molecular flexibility index (Phi) is 4.11. The third-order valence-corrected chi connectivity index (χ3v) is 3.65. The molecule has 2 nitrogen and oxygen atoms in total. The van der Waals surface area contributed by atoms with Crippen LogP contribution in [0.25, 0.3) is 0 Å². The molecule has 0 radical (unpaired) electrons. The number of aromatic hydroxyl groups is 1. The van der Waals surface area contributed by atoms with E-state index < -0.39 is 0 Å². The van der Waals surface area contributed by atoms with E-state index in [4.69, 9.17) is 0 Å². The summed E-state index contributed by atoms with van der Waals surface area (Å²) in [5.41, 5.74) is 4.16. The number of nitrogens with one attached hydrogen (secondary N) is 1. The zero-order valence-corrected chi connectivity index (χ0v) is 12.7. The molecule has 0 aliphatic rings. The number of rotatable bonds is 3. The Morgan fingerprint density at radius 2 is 1.89 bits per heavy atom. The maximum absolute atomic E-state index is 9.95. The van der Waals surface area contributed by atoms with E-state index in [1.807, 2.05) is 25.1 Å². The van der Waals surface area contributed by atoms with Crippen molar-refractivity contribution in [1.82, 2.24) is 0 Å². The van der Waals surface area contributed by atoms with Crippen molar-refractivity contribution >= 4 is 28.3 Å². The van der Waals surface area contributed by atoms with E-state index in [-0.39, 0.29) is 0 Å². The van der Waals surface area contributed by atoms with Gasteiger partial charge in [0.15, 0.2) is 0 Å². The molecular weight excluding hydrogens is 337 g/mol. The van der Waals surface area contributed by atoms with Crippen LogP contribution in [0.5, 0.6) is 5.75 Å². The predicted octanol–water partition coefficient (Wildman–Crippen LogP) is 4.23. The molecule has 0 amide bonds. The van der Waals surface area contributed by atoms with Crippen LogP contribution in [0.1, 0.15) is 16.7 Å². The summed E-state index contributed by atoms with van der Waals surface area (Å²) >= 11 is 2.30. The van der Waals surface area contributed by atoms with Crippen LogP contribution in [0.3, 0.4) is 0 Å². The maximum Gasteiger partial charge on any atom is 0.123 e. The van der Waals surface area contributed by atoms with Crippen molar-refractivity contribution in [1.29, 1.82) is 0 Å². The van der Waals surface area contributed by atoms with Gasteiger partial charge in [-0.05, 0) is 65.8 Å². The van der Waals surface area contributed by atoms with Crippen LogP contribution >= 0.6 is 22.6 Å². The normalized spacial score (nSPS) is 10.4. The lowest BCUT2D eigenvalue weighted by atomic mass is 10.1. The van der Waals surface area contributed by atoms with Crippen molar-refractivity contribution in [3.8, 4) is 5.75 Å². The molecule has 2 rings (SSSR count). The summed E-state index contributed by atoms with van der Waals surface area (Å²) in [5, 5.41) is 13.3. The van der Waals surface area contributed by atoms with Gasteiger partial charge in [-0.15, -0.1) is 0 Å². The molecule has 0 atom stereocenters. The summed E-state index contributed by atoms with van der Waals surface area (Å²) in [6, 6.07) is 12.1. The quantitative estimate of drug-likeness (QED) is 0.810. The fourth-order valence-electron chi connectivity index (χ4n) is 1.88. The Labute approximate surface area is 121 Å². The Balaban J connectivity index is 2.14. The zero-order valence-electron chi connectivity index (χ0n) is 10.5. The Morgan fingerprint density at radius 3 is 2.61 bits per heavy atom. The van der Waals surface area contributed by atoms with Gasteiger partial charge in [-0.25, -0.2) is 0 Å². The lowest BCUT2D eigenvalue weighted by Gasteiger charge is -2.12. The van der Waals surface area contributed by atoms with Gasteiger partial charge in [-0.3, -0.25) is 0 Å². The van der Waals surface area contributed by atoms with Crippen LogP contribution in [-0.2, 0) is 6.54 Å². The first-order chi connectivity index (χ1) is 8.58. The van der Waals surface area contributed by atoms with E-state index in [1.54, 1.807) is 0 Å². The molecule has 0 aromatic heterocycles. The van der Waals surface area contributed by atoms with E-state index in [2.05, 4.69) is 53.0 Å². The molecule has 3 heteroatoms. The number of phenolic OH excluding ortho intramolecular Hbond substituents is 1. The van der Waals surface area contributed by atoms with Crippen molar-refractivity contribution in [3.05, 3.63) is 56.7 Å².